The third-order valence-electron chi connectivity index (χ3n) is 2.58. The minimum Gasteiger partial charge on any atom is -0.394 e. The lowest BCUT2D eigenvalue weighted by molar-refractivity contribution is -0.303. The van der Waals surface area contributed by atoms with E-state index in [9.17, 15) is 5.11 Å². The van der Waals surface area contributed by atoms with Crippen LogP contribution in [0.25, 0.3) is 0 Å². The molecular formula is C9H18O6. The highest BCUT2D eigenvalue weighted by molar-refractivity contribution is 4.90. The molecule has 5 atom stereocenters. The van der Waals surface area contributed by atoms with Crippen LogP contribution in [-0.2, 0) is 18.9 Å². The highest BCUT2D eigenvalue weighted by atomic mass is 16.7. The lowest BCUT2D eigenvalue weighted by Crippen LogP contribution is -2.60. The van der Waals surface area contributed by atoms with Crippen LogP contribution >= 0.6 is 0 Å². The second-order valence-electron chi connectivity index (χ2n) is 3.35. The average molecular weight is 222 g/mol. The normalized spacial score (nSPS) is 41.8. The highest BCUT2D eigenvalue weighted by Gasteiger charge is 2.45. The zero-order valence-electron chi connectivity index (χ0n) is 9.12. The van der Waals surface area contributed by atoms with Gasteiger partial charge in [-0.1, -0.05) is 0 Å². The summed E-state index contributed by atoms with van der Waals surface area (Å²) in [5, 5.41) is 18.8. The van der Waals surface area contributed by atoms with Crippen molar-refractivity contribution in [2.75, 3.05) is 27.9 Å². The van der Waals surface area contributed by atoms with Gasteiger partial charge in [-0.15, -0.1) is 0 Å². The Bertz CT molecular complexity index is 187. The molecule has 1 aliphatic rings. The maximum Gasteiger partial charge on any atom is 0.186 e. The first-order valence-corrected chi connectivity index (χ1v) is 4.72. The molecule has 0 aliphatic carbocycles. The van der Waals surface area contributed by atoms with Crippen molar-refractivity contribution >= 4 is 0 Å². The SMILES string of the molecule is CO[C@H]1O[C@H](CO)[C@@H](O)[C@H](OC)[C@@H]1OC. The quantitative estimate of drug-likeness (QED) is 0.618. The highest BCUT2D eigenvalue weighted by Crippen LogP contribution is 2.25. The van der Waals surface area contributed by atoms with Crippen LogP contribution in [0.3, 0.4) is 0 Å². The molecular weight excluding hydrogens is 204 g/mol. The van der Waals surface area contributed by atoms with Crippen LogP contribution in [-0.4, -0.2) is 68.9 Å². The Labute approximate surface area is 88.7 Å². The number of ether oxygens (including phenoxy) is 4. The Morgan fingerprint density at radius 3 is 2.07 bits per heavy atom. The zero-order chi connectivity index (χ0) is 11.4. The van der Waals surface area contributed by atoms with Gasteiger partial charge in [-0.25, -0.2) is 0 Å². The molecule has 1 aliphatic heterocycles. The summed E-state index contributed by atoms with van der Waals surface area (Å²) in [4.78, 5) is 0. The second kappa shape index (κ2) is 5.74. The van der Waals surface area contributed by atoms with Gasteiger partial charge >= 0.3 is 0 Å². The molecule has 0 amide bonds. The predicted molar refractivity (Wildman–Crippen MR) is 50.4 cm³/mol. The van der Waals surface area contributed by atoms with E-state index in [1.807, 2.05) is 0 Å². The number of hydrogen-bond donors (Lipinski definition) is 2. The molecule has 2 N–H and O–H groups in total. The number of aliphatic hydroxyl groups excluding tert-OH is 2. The van der Waals surface area contributed by atoms with Gasteiger partial charge in [-0.2, -0.15) is 0 Å². The van der Waals surface area contributed by atoms with Gasteiger partial charge in [0.25, 0.3) is 0 Å². The van der Waals surface area contributed by atoms with Gasteiger partial charge in [-0.3, -0.25) is 0 Å². The van der Waals surface area contributed by atoms with Gasteiger partial charge in [0.2, 0.25) is 0 Å². The van der Waals surface area contributed by atoms with Crippen LogP contribution in [0.2, 0.25) is 0 Å². The van der Waals surface area contributed by atoms with Gasteiger partial charge in [-0.05, 0) is 0 Å². The van der Waals surface area contributed by atoms with Crippen LogP contribution in [0.5, 0.6) is 0 Å². The lowest BCUT2D eigenvalue weighted by Gasteiger charge is -2.42. The first-order chi connectivity index (χ1) is 7.19. The Hall–Kier alpha value is -0.240. The summed E-state index contributed by atoms with van der Waals surface area (Å²) in [7, 11) is 4.42. The van der Waals surface area contributed by atoms with E-state index in [1.165, 1.54) is 21.3 Å². The van der Waals surface area contributed by atoms with Crippen molar-refractivity contribution in [3.63, 3.8) is 0 Å². The van der Waals surface area contributed by atoms with Gasteiger partial charge in [0, 0.05) is 21.3 Å². The smallest absolute Gasteiger partial charge is 0.186 e. The maximum absolute atomic E-state index is 9.80. The van der Waals surface area contributed by atoms with Crippen LogP contribution in [0.1, 0.15) is 0 Å². The van der Waals surface area contributed by atoms with E-state index in [-0.39, 0.29) is 6.61 Å². The summed E-state index contributed by atoms with van der Waals surface area (Å²) >= 11 is 0. The number of methoxy groups -OCH3 is 3. The van der Waals surface area contributed by atoms with E-state index in [4.69, 9.17) is 24.1 Å². The summed E-state index contributed by atoms with van der Waals surface area (Å²) in [6.07, 6.45) is -3.40. The van der Waals surface area contributed by atoms with Crippen molar-refractivity contribution < 1.29 is 29.2 Å². The fourth-order valence-corrected chi connectivity index (χ4v) is 1.75. The van der Waals surface area contributed by atoms with E-state index in [0.29, 0.717) is 0 Å². The van der Waals surface area contributed by atoms with Crippen molar-refractivity contribution in [2.24, 2.45) is 0 Å². The zero-order valence-corrected chi connectivity index (χ0v) is 9.12. The molecule has 1 saturated heterocycles. The summed E-state index contributed by atoms with van der Waals surface area (Å²) in [6, 6.07) is 0. The fraction of sp³-hybridized carbons (Fsp3) is 1.00. The summed E-state index contributed by atoms with van der Waals surface area (Å²) in [5.41, 5.74) is 0. The monoisotopic (exact) mass is 222 g/mol. The summed E-state index contributed by atoms with van der Waals surface area (Å²) in [6.45, 7) is -0.294. The van der Waals surface area contributed by atoms with Crippen LogP contribution in [0, 0.1) is 0 Å². The number of aliphatic hydroxyl groups is 2. The molecule has 0 aromatic rings. The van der Waals surface area contributed by atoms with Crippen LogP contribution in [0.4, 0.5) is 0 Å². The molecule has 0 unspecified atom stereocenters. The first kappa shape index (κ1) is 12.8. The molecule has 90 valence electrons. The standard InChI is InChI=1S/C9H18O6/c1-12-7-6(11)5(4-10)15-9(14-3)8(7)13-2/h5-11H,4H2,1-3H3/t5-,6-,7+,8+,9+/m1/s1. The van der Waals surface area contributed by atoms with Crippen LogP contribution in [0.15, 0.2) is 0 Å². The van der Waals surface area contributed by atoms with Crippen molar-refractivity contribution in [3.8, 4) is 0 Å². The molecule has 1 heterocycles. The largest absolute Gasteiger partial charge is 0.394 e. The second-order valence-corrected chi connectivity index (χ2v) is 3.35. The molecule has 0 aromatic heterocycles. The molecule has 0 saturated carbocycles. The molecule has 0 bridgehead atoms. The molecule has 0 aromatic carbocycles. The molecule has 6 heteroatoms. The van der Waals surface area contributed by atoms with E-state index < -0.39 is 30.7 Å². The topological polar surface area (TPSA) is 77.4 Å². The molecule has 6 nitrogen and oxygen atoms in total. The number of hydrogen-bond acceptors (Lipinski definition) is 6. The maximum atomic E-state index is 9.80. The minimum absolute atomic E-state index is 0.294. The Morgan fingerprint density at radius 2 is 1.67 bits per heavy atom. The van der Waals surface area contributed by atoms with Crippen molar-refractivity contribution in [1.82, 2.24) is 0 Å². The van der Waals surface area contributed by atoms with E-state index in [0.717, 1.165) is 0 Å². The van der Waals surface area contributed by atoms with E-state index in [1.54, 1.807) is 0 Å². The van der Waals surface area contributed by atoms with Crippen molar-refractivity contribution in [3.05, 3.63) is 0 Å². The molecule has 1 rings (SSSR count). The van der Waals surface area contributed by atoms with Crippen molar-refractivity contribution in [1.29, 1.82) is 0 Å². The summed E-state index contributed by atoms with van der Waals surface area (Å²) in [5.74, 6) is 0. The molecule has 0 radical (unpaired) electrons. The number of rotatable bonds is 4. The predicted octanol–water partition coefficient (Wildman–Crippen LogP) is -1.26. The van der Waals surface area contributed by atoms with Gasteiger partial charge < -0.3 is 29.2 Å². The summed E-state index contributed by atoms with van der Waals surface area (Å²) < 4.78 is 20.6. The molecule has 1 fully saturated rings. The Kier molecular flexibility index (Phi) is 4.91. The Balaban J connectivity index is 2.78. The third-order valence-corrected chi connectivity index (χ3v) is 2.58. The fourth-order valence-electron chi connectivity index (χ4n) is 1.75. The molecule has 15 heavy (non-hydrogen) atoms. The average Bonchev–Trinajstić information content (AvgIpc) is 2.28. The first-order valence-electron chi connectivity index (χ1n) is 4.72. The van der Waals surface area contributed by atoms with Crippen molar-refractivity contribution in [2.45, 2.75) is 30.7 Å². The van der Waals surface area contributed by atoms with Crippen LogP contribution < -0.4 is 0 Å². The van der Waals surface area contributed by atoms with Gasteiger partial charge in [0.15, 0.2) is 6.29 Å². The van der Waals surface area contributed by atoms with Gasteiger partial charge in [0.05, 0.1) is 6.61 Å². The Morgan fingerprint density at radius 1 is 1.07 bits per heavy atom. The lowest BCUT2D eigenvalue weighted by atomic mass is 9.99. The van der Waals surface area contributed by atoms with Gasteiger partial charge in [0.1, 0.15) is 24.4 Å². The minimum atomic E-state index is -0.934. The van der Waals surface area contributed by atoms with E-state index in [2.05, 4.69) is 0 Å². The van der Waals surface area contributed by atoms with E-state index >= 15 is 0 Å². The molecule has 0 spiro atoms. The third kappa shape index (κ3) is 2.47.